The number of fused-ring (bicyclic) bond motifs is 1. The van der Waals surface area contributed by atoms with Crippen LogP contribution >= 0.6 is 0 Å². The molecule has 0 aliphatic rings. The normalized spacial score (nSPS) is 11.7. The molecule has 3 aromatic rings. The Morgan fingerprint density at radius 2 is 1.84 bits per heavy atom. The highest BCUT2D eigenvalue weighted by molar-refractivity contribution is 5.85. The van der Waals surface area contributed by atoms with E-state index in [4.69, 9.17) is 13.9 Å². The lowest BCUT2D eigenvalue weighted by Crippen LogP contribution is -2.42. The molecule has 1 unspecified atom stereocenters. The second-order valence-electron chi connectivity index (χ2n) is 7.44. The van der Waals surface area contributed by atoms with E-state index in [9.17, 15) is 14.4 Å². The first-order valence-electron chi connectivity index (χ1n) is 10.8. The number of carbonyl (C=O) groups excluding carboxylic acids is 2. The maximum absolute atomic E-state index is 12.6. The quantitative estimate of drug-likeness (QED) is 0.295. The van der Waals surface area contributed by atoms with Gasteiger partial charge in [-0.15, -0.1) is 0 Å². The molecule has 0 aliphatic carbocycles. The van der Waals surface area contributed by atoms with Crippen LogP contribution in [0.25, 0.3) is 11.0 Å². The molecule has 32 heavy (non-hydrogen) atoms. The van der Waals surface area contributed by atoms with E-state index in [1.54, 1.807) is 19.1 Å². The Morgan fingerprint density at radius 3 is 2.56 bits per heavy atom. The Bertz CT molecular complexity index is 1120. The first-order chi connectivity index (χ1) is 15.5. The van der Waals surface area contributed by atoms with Gasteiger partial charge in [0.15, 0.2) is 0 Å². The summed E-state index contributed by atoms with van der Waals surface area (Å²) in [6.45, 7) is 3.94. The highest BCUT2D eigenvalue weighted by Crippen LogP contribution is 2.24. The van der Waals surface area contributed by atoms with Gasteiger partial charge < -0.3 is 19.2 Å². The molecule has 1 atom stereocenters. The molecule has 0 saturated heterocycles. The second kappa shape index (κ2) is 11.1. The lowest BCUT2D eigenvalue weighted by molar-refractivity contribution is -0.136. The number of unbranched alkanes of at least 4 members (excludes halogenated alkanes) is 1. The number of hydrogen-bond donors (Lipinski definition) is 1. The van der Waals surface area contributed by atoms with Gasteiger partial charge in [0.1, 0.15) is 24.0 Å². The van der Waals surface area contributed by atoms with E-state index in [1.165, 1.54) is 12.1 Å². The summed E-state index contributed by atoms with van der Waals surface area (Å²) >= 11 is 0. The van der Waals surface area contributed by atoms with Gasteiger partial charge in [-0.1, -0.05) is 50.6 Å². The molecule has 7 heteroatoms. The van der Waals surface area contributed by atoms with Gasteiger partial charge in [0.25, 0.3) is 0 Å². The van der Waals surface area contributed by atoms with Gasteiger partial charge in [-0.3, -0.25) is 0 Å². The highest BCUT2D eigenvalue weighted by Gasteiger charge is 2.22. The SMILES string of the molecule is CCCCc1cc(=O)oc2cc(OC(=O)C(CC)NC(=O)OCc3ccccc3)ccc12. The summed E-state index contributed by atoms with van der Waals surface area (Å²) in [5.74, 6) is -0.399. The van der Waals surface area contributed by atoms with Crippen LogP contribution in [0, 0.1) is 0 Å². The summed E-state index contributed by atoms with van der Waals surface area (Å²) in [6, 6.07) is 14.8. The third-order valence-corrected chi connectivity index (χ3v) is 5.02. The van der Waals surface area contributed by atoms with Crippen molar-refractivity contribution >= 4 is 23.0 Å². The highest BCUT2D eigenvalue weighted by atomic mass is 16.6. The monoisotopic (exact) mass is 437 g/mol. The minimum Gasteiger partial charge on any atom is -0.445 e. The number of rotatable bonds is 9. The van der Waals surface area contributed by atoms with Gasteiger partial charge in [-0.2, -0.15) is 0 Å². The Labute approximate surface area is 186 Å². The van der Waals surface area contributed by atoms with Gasteiger partial charge in [0.05, 0.1) is 0 Å². The molecule has 0 saturated carbocycles. The van der Waals surface area contributed by atoms with Crippen molar-refractivity contribution in [1.29, 1.82) is 0 Å². The van der Waals surface area contributed by atoms with E-state index in [0.29, 0.717) is 12.0 Å². The molecule has 0 aliphatic heterocycles. The lowest BCUT2D eigenvalue weighted by atomic mass is 10.0. The summed E-state index contributed by atoms with van der Waals surface area (Å²) in [7, 11) is 0. The van der Waals surface area contributed by atoms with Crippen LogP contribution in [0.3, 0.4) is 0 Å². The fraction of sp³-hybridized carbons (Fsp3) is 0.320. The zero-order valence-electron chi connectivity index (χ0n) is 18.3. The number of carbonyl (C=O) groups is 2. The lowest BCUT2D eigenvalue weighted by Gasteiger charge is -2.16. The van der Waals surface area contributed by atoms with Crippen molar-refractivity contribution in [3.8, 4) is 5.75 Å². The van der Waals surface area contributed by atoms with Gasteiger partial charge in [0.2, 0.25) is 0 Å². The van der Waals surface area contributed by atoms with Crippen molar-refractivity contribution in [2.45, 2.75) is 52.2 Å². The number of aryl methyl sites for hydroxylation is 1. The first kappa shape index (κ1) is 23.1. The van der Waals surface area contributed by atoms with Crippen LogP contribution in [0.5, 0.6) is 5.75 Å². The molecule has 2 aromatic carbocycles. The van der Waals surface area contributed by atoms with Gasteiger partial charge >= 0.3 is 17.7 Å². The Hall–Kier alpha value is -3.61. The summed E-state index contributed by atoms with van der Waals surface area (Å²) in [5, 5.41) is 3.34. The van der Waals surface area contributed by atoms with Gasteiger partial charge in [-0.05, 0) is 42.5 Å². The van der Waals surface area contributed by atoms with Crippen LogP contribution in [-0.4, -0.2) is 18.1 Å². The van der Waals surface area contributed by atoms with E-state index >= 15 is 0 Å². The van der Waals surface area contributed by atoms with Crippen molar-refractivity contribution in [2.24, 2.45) is 0 Å². The topological polar surface area (TPSA) is 94.8 Å². The minimum atomic E-state index is -0.878. The second-order valence-corrected chi connectivity index (χ2v) is 7.44. The molecular formula is C25H27NO6. The smallest absolute Gasteiger partial charge is 0.408 e. The molecule has 168 valence electrons. The minimum absolute atomic E-state index is 0.0994. The summed E-state index contributed by atoms with van der Waals surface area (Å²) in [5.41, 5.74) is 1.66. The third kappa shape index (κ3) is 6.20. The number of hydrogen-bond acceptors (Lipinski definition) is 6. The Balaban J connectivity index is 1.65. The molecule has 0 radical (unpaired) electrons. The van der Waals surface area contributed by atoms with Crippen LogP contribution in [0.15, 0.2) is 63.8 Å². The Morgan fingerprint density at radius 1 is 1.06 bits per heavy atom. The molecular weight excluding hydrogens is 410 g/mol. The maximum Gasteiger partial charge on any atom is 0.408 e. The Kier molecular flexibility index (Phi) is 8.02. The average Bonchev–Trinajstić information content (AvgIpc) is 2.79. The molecule has 1 aromatic heterocycles. The van der Waals surface area contributed by atoms with E-state index in [1.807, 2.05) is 30.3 Å². The molecule has 0 fully saturated rings. The molecule has 0 bridgehead atoms. The number of benzene rings is 2. The van der Waals surface area contributed by atoms with Crippen LogP contribution < -0.4 is 15.7 Å². The largest absolute Gasteiger partial charge is 0.445 e. The van der Waals surface area contributed by atoms with E-state index < -0.39 is 23.7 Å². The number of nitrogens with one attached hydrogen (secondary N) is 1. The van der Waals surface area contributed by atoms with Gasteiger partial charge in [0, 0.05) is 17.5 Å². The van der Waals surface area contributed by atoms with Crippen molar-refractivity contribution < 1.29 is 23.5 Å². The van der Waals surface area contributed by atoms with Crippen LogP contribution in [0.1, 0.15) is 44.2 Å². The fourth-order valence-corrected chi connectivity index (χ4v) is 3.27. The van der Waals surface area contributed by atoms with E-state index in [0.717, 1.165) is 35.8 Å². The number of amides is 1. The average molecular weight is 437 g/mol. The maximum atomic E-state index is 12.6. The molecule has 1 N–H and O–H groups in total. The van der Waals surface area contributed by atoms with Crippen molar-refractivity contribution in [2.75, 3.05) is 0 Å². The standard InChI is InChI=1S/C25H27NO6/c1-3-5-11-18-14-23(27)32-22-15-19(12-13-20(18)22)31-24(28)21(4-2)26-25(29)30-16-17-9-7-6-8-10-17/h6-10,12-15,21H,3-5,11,16H2,1-2H3,(H,26,29). The molecule has 1 amide bonds. The molecule has 3 rings (SSSR count). The predicted octanol–water partition coefficient (Wildman–Crippen LogP) is 4.75. The van der Waals surface area contributed by atoms with Crippen molar-refractivity contribution in [1.82, 2.24) is 5.32 Å². The zero-order chi connectivity index (χ0) is 22.9. The summed E-state index contributed by atoms with van der Waals surface area (Å²) in [6.07, 6.45) is 2.35. The molecule has 0 spiro atoms. The zero-order valence-corrected chi connectivity index (χ0v) is 18.3. The van der Waals surface area contributed by atoms with Crippen LogP contribution in [0.4, 0.5) is 4.79 Å². The number of ether oxygens (including phenoxy) is 2. The molecule has 1 heterocycles. The molecule has 7 nitrogen and oxygen atoms in total. The first-order valence-corrected chi connectivity index (χ1v) is 10.8. The van der Waals surface area contributed by atoms with Gasteiger partial charge in [-0.25, -0.2) is 14.4 Å². The third-order valence-electron chi connectivity index (χ3n) is 5.02. The number of alkyl carbamates (subject to hydrolysis) is 1. The summed E-state index contributed by atoms with van der Waals surface area (Å²) < 4.78 is 15.9. The van der Waals surface area contributed by atoms with E-state index in [2.05, 4.69) is 12.2 Å². The number of esters is 1. The van der Waals surface area contributed by atoms with Crippen molar-refractivity contribution in [3.05, 3.63) is 76.1 Å². The van der Waals surface area contributed by atoms with Crippen molar-refractivity contribution in [3.63, 3.8) is 0 Å². The van der Waals surface area contributed by atoms with Crippen LogP contribution in [-0.2, 0) is 22.6 Å². The predicted molar refractivity (Wildman–Crippen MR) is 121 cm³/mol. The summed E-state index contributed by atoms with van der Waals surface area (Å²) in [4.78, 5) is 36.6. The van der Waals surface area contributed by atoms with E-state index in [-0.39, 0.29) is 12.4 Å². The fourth-order valence-electron chi connectivity index (χ4n) is 3.27. The van der Waals surface area contributed by atoms with Crippen LogP contribution in [0.2, 0.25) is 0 Å².